The normalized spacial score (nSPS) is 13.7. The Balaban J connectivity index is 1.35. The first kappa shape index (κ1) is 21.5. The van der Waals surface area contributed by atoms with Crippen molar-refractivity contribution in [3.05, 3.63) is 88.4 Å². The Hall–Kier alpha value is -3.36. The summed E-state index contributed by atoms with van der Waals surface area (Å²) in [5, 5.41) is 0. The Kier molecular flexibility index (Phi) is 5.55. The van der Waals surface area contributed by atoms with Crippen LogP contribution in [0, 0.1) is 0 Å². The van der Waals surface area contributed by atoms with Crippen LogP contribution in [0.15, 0.2) is 80.8 Å². The molecule has 0 atom stereocenters. The zero-order valence-electron chi connectivity index (χ0n) is 18.3. The Morgan fingerprint density at radius 3 is 2.27 bits per heavy atom. The third kappa shape index (κ3) is 4.07. The maximum atomic E-state index is 13.1. The zero-order valence-corrected chi connectivity index (χ0v) is 19.1. The lowest BCUT2D eigenvalue weighted by molar-refractivity contribution is 0.463. The van der Waals surface area contributed by atoms with Gasteiger partial charge in [0.1, 0.15) is 0 Å². The second kappa shape index (κ2) is 8.53. The Bertz CT molecular complexity index is 1420. The topological polar surface area (TPSA) is 86.6 Å². The number of aryl methyl sites for hydroxylation is 2. The van der Waals surface area contributed by atoms with Crippen molar-refractivity contribution >= 4 is 32.5 Å². The lowest BCUT2D eigenvalue weighted by atomic mass is 10.0. The summed E-state index contributed by atoms with van der Waals surface area (Å²) >= 11 is 0. The van der Waals surface area contributed by atoms with Gasteiger partial charge in [-0.3, -0.25) is 4.98 Å². The minimum absolute atomic E-state index is 0.103. The van der Waals surface area contributed by atoms with Gasteiger partial charge in [-0.05, 0) is 54.7 Å². The molecule has 3 aromatic carbocycles. The number of oxazole rings is 1. The van der Waals surface area contributed by atoms with E-state index >= 15 is 0 Å². The predicted molar refractivity (Wildman–Crippen MR) is 129 cm³/mol. The minimum Gasteiger partial charge on any atom is -0.408 e. The fourth-order valence-corrected chi connectivity index (χ4v) is 5.67. The van der Waals surface area contributed by atoms with Crippen molar-refractivity contribution in [2.45, 2.75) is 24.2 Å². The molecular formula is C25H25N3O4S. The summed E-state index contributed by atoms with van der Waals surface area (Å²) in [7, 11) is -2.13. The molecule has 4 aromatic rings. The van der Waals surface area contributed by atoms with Crippen LogP contribution < -0.4 is 10.7 Å². The van der Waals surface area contributed by atoms with Gasteiger partial charge in [-0.15, -0.1) is 0 Å². The van der Waals surface area contributed by atoms with Crippen LogP contribution in [-0.4, -0.2) is 37.8 Å². The number of nitrogens with one attached hydrogen (secondary N) is 1. The molecular weight excluding hydrogens is 438 g/mol. The quantitative estimate of drug-likeness (QED) is 0.466. The summed E-state index contributed by atoms with van der Waals surface area (Å²) in [6.45, 7) is 1.05. The van der Waals surface area contributed by atoms with E-state index in [0.717, 1.165) is 12.8 Å². The molecule has 170 valence electrons. The highest BCUT2D eigenvalue weighted by Gasteiger charge is 2.23. The minimum atomic E-state index is -3.71. The van der Waals surface area contributed by atoms with Crippen molar-refractivity contribution in [1.82, 2.24) is 9.29 Å². The summed E-state index contributed by atoms with van der Waals surface area (Å²) in [4.78, 5) is 16.3. The molecule has 0 amide bonds. The first-order valence-corrected chi connectivity index (χ1v) is 12.4. The highest BCUT2D eigenvalue weighted by atomic mass is 32.2. The average Bonchev–Trinajstić information content (AvgIpc) is 3.12. The molecule has 2 heterocycles. The Morgan fingerprint density at radius 2 is 1.61 bits per heavy atom. The van der Waals surface area contributed by atoms with Gasteiger partial charge in [0.15, 0.2) is 5.58 Å². The molecule has 1 aliphatic heterocycles. The van der Waals surface area contributed by atoms with Crippen molar-refractivity contribution in [2.75, 3.05) is 25.0 Å². The SMILES string of the molecule is CN(CCCN1c2ccccc2CCc2ccccc21)S(=O)(=O)c1ccc2[nH]c(=O)oc2c1. The smallest absolute Gasteiger partial charge is 0.408 e. The number of nitrogens with zero attached hydrogens (tertiary/aromatic N) is 2. The summed E-state index contributed by atoms with van der Waals surface area (Å²) < 4.78 is 32.6. The number of rotatable bonds is 6. The van der Waals surface area contributed by atoms with Gasteiger partial charge in [-0.25, -0.2) is 17.5 Å². The van der Waals surface area contributed by atoms with Crippen LogP contribution in [0.2, 0.25) is 0 Å². The van der Waals surface area contributed by atoms with E-state index in [0.29, 0.717) is 25.0 Å². The average molecular weight is 464 g/mol. The summed E-state index contributed by atoms with van der Waals surface area (Å²) in [5.41, 5.74) is 5.67. The van der Waals surface area contributed by atoms with Gasteiger partial charge in [-0.2, -0.15) is 0 Å². The Labute approximate surface area is 192 Å². The van der Waals surface area contributed by atoms with Crippen LogP contribution in [0.3, 0.4) is 0 Å². The van der Waals surface area contributed by atoms with Crippen molar-refractivity contribution in [3.8, 4) is 0 Å². The van der Waals surface area contributed by atoms with E-state index in [-0.39, 0.29) is 10.5 Å². The third-order valence-electron chi connectivity index (χ3n) is 6.18. The van der Waals surface area contributed by atoms with Gasteiger partial charge in [0.25, 0.3) is 0 Å². The van der Waals surface area contributed by atoms with E-state index in [1.54, 1.807) is 13.1 Å². The largest absolute Gasteiger partial charge is 0.417 e. The highest BCUT2D eigenvalue weighted by Crippen LogP contribution is 2.36. The number of sulfonamides is 1. The van der Waals surface area contributed by atoms with Crippen LogP contribution in [0.5, 0.6) is 0 Å². The first-order chi connectivity index (χ1) is 15.9. The van der Waals surface area contributed by atoms with E-state index < -0.39 is 15.8 Å². The standard InChI is InChI=1S/C25H25N3O4S/c1-27(33(30,31)20-13-14-21-24(17-20)32-25(29)26-21)15-6-16-28-22-9-4-2-7-18(22)11-12-19-8-3-5-10-23(19)28/h2-5,7-10,13-14,17H,6,11-12,15-16H2,1H3,(H,26,29). The number of anilines is 2. The maximum absolute atomic E-state index is 13.1. The maximum Gasteiger partial charge on any atom is 0.417 e. The summed E-state index contributed by atoms with van der Waals surface area (Å²) in [6.07, 6.45) is 2.62. The number of hydrogen-bond acceptors (Lipinski definition) is 5. The monoisotopic (exact) mass is 463 g/mol. The molecule has 0 radical (unpaired) electrons. The Morgan fingerprint density at radius 1 is 0.970 bits per heavy atom. The van der Waals surface area contributed by atoms with Gasteiger partial charge in [0.2, 0.25) is 10.0 Å². The van der Waals surface area contributed by atoms with Crippen LogP contribution in [0.1, 0.15) is 17.5 Å². The van der Waals surface area contributed by atoms with E-state index in [1.807, 2.05) is 12.1 Å². The molecule has 0 aliphatic carbocycles. The second-order valence-electron chi connectivity index (χ2n) is 8.26. The van der Waals surface area contributed by atoms with Crippen molar-refractivity contribution in [1.29, 1.82) is 0 Å². The molecule has 0 unspecified atom stereocenters. The molecule has 1 aromatic heterocycles. The second-order valence-corrected chi connectivity index (χ2v) is 10.3. The molecule has 1 N–H and O–H groups in total. The van der Waals surface area contributed by atoms with E-state index in [4.69, 9.17) is 4.42 Å². The molecule has 0 saturated heterocycles. The van der Waals surface area contributed by atoms with Gasteiger partial charge in [-0.1, -0.05) is 36.4 Å². The fourth-order valence-electron chi connectivity index (χ4n) is 4.45. The van der Waals surface area contributed by atoms with E-state index in [1.165, 1.54) is 38.9 Å². The van der Waals surface area contributed by atoms with E-state index in [2.05, 4.69) is 46.3 Å². The van der Waals surface area contributed by atoms with Gasteiger partial charge >= 0.3 is 5.76 Å². The molecule has 33 heavy (non-hydrogen) atoms. The first-order valence-electron chi connectivity index (χ1n) is 11.0. The van der Waals surface area contributed by atoms with Crippen molar-refractivity contribution < 1.29 is 12.8 Å². The predicted octanol–water partition coefficient (Wildman–Crippen LogP) is 4.07. The zero-order chi connectivity index (χ0) is 23.0. The number of hydrogen-bond donors (Lipinski definition) is 1. The molecule has 0 saturated carbocycles. The molecule has 7 nitrogen and oxygen atoms in total. The summed E-state index contributed by atoms with van der Waals surface area (Å²) in [6, 6.07) is 21.3. The number of aromatic amines is 1. The van der Waals surface area contributed by atoms with Crippen LogP contribution in [0.4, 0.5) is 11.4 Å². The van der Waals surface area contributed by atoms with Crippen molar-refractivity contribution in [3.63, 3.8) is 0 Å². The summed E-state index contributed by atoms with van der Waals surface area (Å²) in [5.74, 6) is -0.606. The van der Waals surface area contributed by atoms with Crippen LogP contribution >= 0.6 is 0 Å². The number of fused-ring (bicyclic) bond motifs is 3. The lowest BCUT2D eigenvalue weighted by Gasteiger charge is -2.28. The third-order valence-corrected chi connectivity index (χ3v) is 8.04. The number of aromatic nitrogens is 1. The van der Waals surface area contributed by atoms with Crippen molar-refractivity contribution in [2.24, 2.45) is 0 Å². The van der Waals surface area contributed by atoms with Crippen LogP contribution in [-0.2, 0) is 22.9 Å². The fraction of sp³-hybridized carbons (Fsp3) is 0.240. The molecule has 8 heteroatoms. The van der Waals surface area contributed by atoms with E-state index in [9.17, 15) is 13.2 Å². The van der Waals surface area contributed by atoms with Gasteiger partial charge in [0, 0.05) is 37.6 Å². The number of H-pyrrole nitrogens is 1. The molecule has 1 aliphatic rings. The molecule has 0 spiro atoms. The van der Waals surface area contributed by atoms with Gasteiger partial charge in [0.05, 0.1) is 10.4 Å². The highest BCUT2D eigenvalue weighted by molar-refractivity contribution is 7.89. The molecule has 5 rings (SSSR count). The van der Waals surface area contributed by atoms with Gasteiger partial charge < -0.3 is 9.32 Å². The van der Waals surface area contributed by atoms with Crippen LogP contribution in [0.25, 0.3) is 11.1 Å². The number of para-hydroxylation sites is 2. The lowest BCUT2D eigenvalue weighted by Crippen LogP contribution is -2.30. The molecule has 0 bridgehead atoms. The molecule has 0 fully saturated rings. The number of benzene rings is 3.